The van der Waals surface area contributed by atoms with Gasteiger partial charge in [0.15, 0.2) is 0 Å². The van der Waals surface area contributed by atoms with Crippen LogP contribution in [0.25, 0.3) is 0 Å². The lowest BCUT2D eigenvalue weighted by Crippen LogP contribution is -2.14. The molecule has 20 heavy (non-hydrogen) atoms. The van der Waals surface area contributed by atoms with Gasteiger partial charge in [-0.3, -0.25) is 4.72 Å². The van der Waals surface area contributed by atoms with Gasteiger partial charge in [-0.15, -0.1) is 0 Å². The molecule has 0 aromatic heterocycles. The number of anilines is 2. The van der Waals surface area contributed by atoms with Crippen LogP contribution in [0.4, 0.5) is 11.4 Å². The van der Waals surface area contributed by atoms with Crippen molar-refractivity contribution in [3.05, 3.63) is 50.4 Å². The van der Waals surface area contributed by atoms with Gasteiger partial charge < -0.3 is 5.73 Å². The third-order valence-corrected chi connectivity index (χ3v) is 5.60. The van der Waals surface area contributed by atoms with Crippen molar-refractivity contribution in [2.45, 2.75) is 4.90 Å². The fourth-order valence-corrected chi connectivity index (χ4v) is 4.15. The number of nitrogens with two attached hydrogens (primary N) is 1. The first kappa shape index (κ1) is 15.6. The zero-order valence-corrected chi connectivity index (χ0v) is 14.6. The second-order valence-corrected chi connectivity index (χ2v) is 7.75. The number of benzene rings is 2. The highest BCUT2D eigenvalue weighted by Crippen LogP contribution is 2.30. The zero-order chi connectivity index (χ0) is 14.9. The predicted octanol–water partition coefficient (Wildman–Crippen LogP) is 4.25. The van der Waals surface area contributed by atoms with Crippen LogP contribution in [0.2, 0.25) is 5.02 Å². The third kappa shape index (κ3) is 3.46. The molecule has 3 N–H and O–H groups in total. The minimum Gasteiger partial charge on any atom is -0.399 e. The summed E-state index contributed by atoms with van der Waals surface area (Å²) in [6.07, 6.45) is 0. The maximum atomic E-state index is 12.4. The number of nitrogen functional groups attached to an aromatic ring is 1. The SMILES string of the molecule is Nc1ccc(Br)c(S(=O)(=O)Nc2cc(Br)ccc2Cl)c1. The average Bonchev–Trinajstić information content (AvgIpc) is 2.36. The van der Waals surface area contributed by atoms with E-state index in [9.17, 15) is 8.42 Å². The van der Waals surface area contributed by atoms with Crippen LogP contribution in [-0.2, 0) is 10.0 Å². The molecule has 2 rings (SSSR count). The van der Waals surface area contributed by atoms with E-state index < -0.39 is 10.0 Å². The van der Waals surface area contributed by atoms with Crippen LogP contribution in [0.15, 0.2) is 50.2 Å². The largest absolute Gasteiger partial charge is 0.399 e. The summed E-state index contributed by atoms with van der Waals surface area (Å²) in [5.41, 5.74) is 6.27. The van der Waals surface area contributed by atoms with E-state index in [2.05, 4.69) is 36.6 Å². The number of halogens is 3. The Balaban J connectivity index is 2.46. The predicted molar refractivity (Wildman–Crippen MR) is 88.5 cm³/mol. The normalized spacial score (nSPS) is 11.3. The molecule has 0 saturated heterocycles. The van der Waals surface area contributed by atoms with Crippen molar-refractivity contribution < 1.29 is 8.42 Å². The smallest absolute Gasteiger partial charge is 0.263 e. The molecule has 0 aliphatic rings. The van der Waals surface area contributed by atoms with Crippen LogP contribution in [-0.4, -0.2) is 8.42 Å². The van der Waals surface area contributed by atoms with Gasteiger partial charge in [-0.2, -0.15) is 0 Å². The lowest BCUT2D eigenvalue weighted by molar-refractivity contribution is 0.601. The van der Waals surface area contributed by atoms with Crippen molar-refractivity contribution in [1.29, 1.82) is 0 Å². The maximum Gasteiger partial charge on any atom is 0.263 e. The molecule has 2 aromatic rings. The van der Waals surface area contributed by atoms with Gasteiger partial charge in [-0.1, -0.05) is 27.5 Å². The summed E-state index contributed by atoms with van der Waals surface area (Å²) in [4.78, 5) is 0.0496. The first-order chi connectivity index (χ1) is 9.29. The number of nitrogens with one attached hydrogen (secondary N) is 1. The van der Waals surface area contributed by atoms with E-state index in [1.807, 2.05) is 0 Å². The topological polar surface area (TPSA) is 72.2 Å². The van der Waals surface area contributed by atoms with E-state index in [1.165, 1.54) is 6.07 Å². The Morgan fingerprint density at radius 2 is 1.80 bits per heavy atom. The Kier molecular flexibility index (Phi) is 4.63. The van der Waals surface area contributed by atoms with Crippen LogP contribution in [0.1, 0.15) is 0 Å². The molecule has 0 heterocycles. The lowest BCUT2D eigenvalue weighted by atomic mass is 10.3. The van der Waals surface area contributed by atoms with Gasteiger partial charge >= 0.3 is 0 Å². The van der Waals surface area contributed by atoms with Gasteiger partial charge in [0.05, 0.1) is 10.7 Å². The quantitative estimate of drug-likeness (QED) is 0.701. The molecule has 0 amide bonds. The molecule has 0 aliphatic carbocycles. The fourth-order valence-electron chi connectivity index (χ4n) is 1.50. The Morgan fingerprint density at radius 1 is 1.10 bits per heavy atom. The van der Waals surface area contributed by atoms with E-state index in [0.717, 1.165) is 0 Å². The minimum atomic E-state index is -3.79. The molecular formula is C12H9Br2ClN2O2S. The summed E-state index contributed by atoms with van der Waals surface area (Å²) in [7, 11) is -3.79. The van der Waals surface area contributed by atoms with Crippen LogP contribution in [0.5, 0.6) is 0 Å². The molecular weight excluding hydrogens is 431 g/mol. The highest BCUT2D eigenvalue weighted by Gasteiger charge is 2.19. The molecule has 2 aromatic carbocycles. The van der Waals surface area contributed by atoms with Crippen molar-refractivity contribution in [3.63, 3.8) is 0 Å². The van der Waals surface area contributed by atoms with Gasteiger partial charge in [-0.05, 0) is 52.3 Å². The molecule has 0 aliphatic heterocycles. The summed E-state index contributed by atoms with van der Waals surface area (Å²) in [6, 6.07) is 9.45. The summed E-state index contributed by atoms with van der Waals surface area (Å²) in [5, 5.41) is 0.303. The van der Waals surface area contributed by atoms with E-state index in [1.54, 1.807) is 30.3 Å². The summed E-state index contributed by atoms with van der Waals surface area (Å²) in [5.74, 6) is 0. The Labute approximate surface area is 138 Å². The summed E-state index contributed by atoms with van der Waals surface area (Å²) in [6.45, 7) is 0. The first-order valence-corrected chi connectivity index (χ1v) is 8.77. The highest BCUT2D eigenvalue weighted by molar-refractivity contribution is 9.10. The van der Waals surface area contributed by atoms with E-state index >= 15 is 0 Å². The van der Waals surface area contributed by atoms with E-state index in [4.69, 9.17) is 17.3 Å². The molecule has 8 heteroatoms. The Morgan fingerprint density at radius 3 is 2.50 bits per heavy atom. The Bertz CT molecular complexity index is 766. The summed E-state index contributed by atoms with van der Waals surface area (Å²) < 4.78 is 28.3. The van der Waals surface area contributed by atoms with Crippen molar-refractivity contribution in [2.75, 3.05) is 10.5 Å². The molecule has 0 spiro atoms. The highest BCUT2D eigenvalue weighted by atomic mass is 79.9. The van der Waals surface area contributed by atoms with Crippen molar-refractivity contribution in [1.82, 2.24) is 0 Å². The fraction of sp³-hybridized carbons (Fsp3) is 0. The van der Waals surface area contributed by atoms with Gasteiger partial charge in [0.1, 0.15) is 4.90 Å². The van der Waals surface area contributed by atoms with Gasteiger partial charge in [0, 0.05) is 14.6 Å². The van der Waals surface area contributed by atoms with Crippen molar-refractivity contribution >= 4 is 64.9 Å². The van der Waals surface area contributed by atoms with Crippen molar-refractivity contribution in [3.8, 4) is 0 Å². The third-order valence-electron chi connectivity index (χ3n) is 2.42. The lowest BCUT2D eigenvalue weighted by Gasteiger charge is -2.11. The van der Waals surface area contributed by atoms with Crippen LogP contribution < -0.4 is 10.5 Å². The standard InChI is InChI=1S/C12H9Br2ClN2O2S/c13-7-1-4-10(15)11(5-7)17-20(18,19)12-6-8(16)2-3-9(12)14/h1-6,17H,16H2. The molecule has 0 fully saturated rings. The molecule has 0 saturated carbocycles. The van der Waals surface area contributed by atoms with Gasteiger partial charge in [0.2, 0.25) is 0 Å². The number of hydrogen-bond acceptors (Lipinski definition) is 3. The molecule has 4 nitrogen and oxygen atoms in total. The molecule has 0 radical (unpaired) electrons. The number of sulfonamides is 1. The second kappa shape index (κ2) is 5.93. The van der Waals surface area contributed by atoms with Crippen LogP contribution in [0.3, 0.4) is 0 Å². The maximum absolute atomic E-state index is 12.4. The van der Waals surface area contributed by atoms with Gasteiger partial charge in [0.25, 0.3) is 10.0 Å². The average molecular weight is 441 g/mol. The zero-order valence-electron chi connectivity index (χ0n) is 9.90. The van der Waals surface area contributed by atoms with E-state index in [0.29, 0.717) is 19.7 Å². The molecule has 106 valence electrons. The Hall–Kier alpha value is -0.760. The van der Waals surface area contributed by atoms with E-state index in [-0.39, 0.29) is 10.6 Å². The molecule has 0 atom stereocenters. The van der Waals surface area contributed by atoms with Crippen LogP contribution in [0, 0.1) is 0 Å². The first-order valence-electron chi connectivity index (χ1n) is 5.32. The number of rotatable bonds is 3. The molecule has 0 bridgehead atoms. The van der Waals surface area contributed by atoms with Crippen molar-refractivity contribution in [2.24, 2.45) is 0 Å². The number of hydrogen-bond donors (Lipinski definition) is 2. The minimum absolute atomic E-state index is 0.0496. The summed E-state index contributed by atoms with van der Waals surface area (Å²) >= 11 is 12.4. The van der Waals surface area contributed by atoms with Gasteiger partial charge in [-0.25, -0.2) is 8.42 Å². The monoisotopic (exact) mass is 438 g/mol. The molecule has 0 unspecified atom stereocenters. The van der Waals surface area contributed by atoms with Crippen LogP contribution >= 0.6 is 43.5 Å². The second-order valence-electron chi connectivity index (χ2n) is 3.92.